The number of esters is 2. The number of carbonyl (C=O) groups excluding carboxylic acids is 3. The van der Waals surface area contributed by atoms with Crippen molar-refractivity contribution in [3.8, 4) is 5.75 Å². The molecule has 2 aromatic carbocycles. The van der Waals surface area contributed by atoms with Crippen LogP contribution >= 0.6 is 0 Å². The molecule has 8 nitrogen and oxygen atoms in total. The lowest BCUT2D eigenvalue weighted by atomic mass is 9.89. The number of carbonyl (C=O) groups is 2. The SMILES string of the molecule is COC(=O)CCC(C)=CCc1c(COCc2ccc(OC)cc2)c(C)c2c(c1N=C=O)C(=O)OC2. The van der Waals surface area contributed by atoms with Gasteiger partial charge in [0, 0.05) is 12.0 Å². The van der Waals surface area contributed by atoms with Gasteiger partial charge in [0.05, 0.1) is 38.7 Å². The summed E-state index contributed by atoms with van der Waals surface area (Å²) in [6, 6.07) is 7.59. The maximum absolute atomic E-state index is 12.5. The molecule has 1 aliphatic rings. The third-order valence-electron chi connectivity index (χ3n) is 6.08. The Morgan fingerprint density at radius 1 is 1.14 bits per heavy atom. The molecule has 0 aliphatic carbocycles. The van der Waals surface area contributed by atoms with Crippen LogP contribution in [0.1, 0.15) is 57.9 Å². The van der Waals surface area contributed by atoms with Gasteiger partial charge in [-0.2, -0.15) is 4.99 Å². The molecule has 1 heterocycles. The minimum atomic E-state index is -0.504. The molecule has 35 heavy (non-hydrogen) atoms. The van der Waals surface area contributed by atoms with Gasteiger partial charge in [-0.25, -0.2) is 9.59 Å². The molecule has 8 heteroatoms. The minimum absolute atomic E-state index is 0.126. The van der Waals surface area contributed by atoms with Crippen molar-refractivity contribution in [3.05, 3.63) is 69.3 Å². The standard InChI is InChI=1S/C27H29NO7/c1-17(6-12-24(30)33-4)5-11-21-22(14-34-13-19-7-9-20(32-3)10-8-19)18(2)23-15-35-27(31)25(23)26(21)28-16-29/h5,7-10H,6,11-15H2,1-4H3. The Balaban J connectivity index is 1.92. The van der Waals surface area contributed by atoms with Crippen LogP contribution in [0.15, 0.2) is 40.9 Å². The van der Waals surface area contributed by atoms with Crippen LogP contribution in [0.5, 0.6) is 5.75 Å². The van der Waals surface area contributed by atoms with Crippen LogP contribution in [0.2, 0.25) is 0 Å². The number of cyclic esters (lactones) is 1. The van der Waals surface area contributed by atoms with Crippen LogP contribution in [0.25, 0.3) is 0 Å². The number of hydrogen-bond acceptors (Lipinski definition) is 8. The lowest BCUT2D eigenvalue weighted by Crippen LogP contribution is -2.07. The average Bonchev–Trinajstić information content (AvgIpc) is 3.26. The molecular weight excluding hydrogens is 450 g/mol. The van der Waals surface area contributed by atoms with Gasteiger partial charge in [-0.05, 0) is 61.1 Å². The number of allylic oxidation sites excluding steroid dienone is 2. The molecule has 0 saturated heterocycles. The van der Waals surface area contributed by atoms with Gasteiger partial charge in [-0.3, -0.25) is 4.79 Å². The molecule has 184 valence electrons. The zero-order valence-corrected chi connectivity index (χ0v) is 20.4. The highest BCUT2D eigenvalue weighted by Crippen LogP contribution is 2.39. The first-order valence-electron chi connectivity index (χ1n) is 11.2. The number of hydrogen-bond donors (Lipinski definition) is 0. The van der Waals surface area contributed by atoms with E-state index in [9.17, 15) is 14.4 Å². The maximum atomic E-state index is 12.5. The van der Waals surface area contributed by atoms with Crippen LogP contribution in [0.4, 0.5) is 5.69 Å². The summed E-state index contributed by atoms with van der Waals surface area (Å²) in [6.45, 7) is 4.58. The van der Waals surface area contributed by atoms with Crippen LogP contribution < -0.4 is 4.74 Å². The number of rotatable bonds is 11. The molecule has 3 rings (SSSR count). The van der Waals surface area contributed by atoms with E-state index < -0.39 is 5.97 Å². The van der Waals surface area contributed by atoms with Crippen LogP contribution in [-0.4, -0.2) is 32.2 Å². The fraction of sp³-hybridized carbons (Fsp3) is 0.370. The molecule has 0 radical (unpaired) electrons. The van der Waals surface area contributed by atoms with Gasteiger partial charge in [-0.1, -0.05) is 23.8 Å². The van der Waals surface area contributed by atoms with E-state index in [4.69, 9.17) is 18.9 Å². The molecule has 0 N–H and O–H groups in total. The Hall–Kier alpha value is -3.74. The first-order valence-corrected chi connectivity index (χ1v) is 11.2. The quantitative estimate of drug-likeness (QED) is 0.197. The summed E-state index contributed by atoms with van der Waals surface area (Å²) in [7, 11) is 2.97. The number of isocyanates is 1. The van der Waals surface area contributed by atoms with Gasteiger partial charge in [0.15, 0.2) is 0 Å². The summed E-state index contributed by atoms with van der Waals surface area (Å²) in [5, 5.41) is 0. The summed E-state index contributed by atoms with van der Waals surface area (Å²) in [4.78, 5) is 39.1. The van der Waals surface area contributed by atoms with E-state index in [1.54, 1.807) is 13.2 Å². The molecule has 0 atom stereocenters. The summed E-state index contributed by atoms with van der Waals surface area (Å²) in [5.74, 6) is -0.0240. The molecule has 0 fully saturated rings. The van der Waals surface area contributed by atoms with Gasteiger partial charge in [0.1, 0.15) is 12.4 Å². The largest absolute Gasteiger partial charge is 0.497 e. The maximum Gasteiger partial charge on any atom is 0.341 e. The lowest BCUT2D eigenvalue weighted by Gasteiger charge is -2.18. The van der Waals surface area contributed by atoms with E-state index >= 15 is 0 Å². The first kappa shape index (κ1) is 25.9. The summed E-state index contributed by atoms with van der Waals surface area (Å²) in [5.41, 5.74) is 5.67. The van der Waals surface area contributed by atoms with Gasteiger partial charge in [0.25, 0.3) is 0 Å². The Kier molecular flexibility index (Phi) is 8.95. The highest BCUT2D eigenvalue weighted by Gasteiger charge is 2.31. The number of methoxy groups -OCH3 is 2. The Labute approximate surface area is 204 Å². The highest BCUT2D eigenvalue weighted by molar-refractivity contribution is 6.00. The van der Waals surface area contributed by atoms with E-state index in [1.165, 1.54) is 7.11 Å². The van der Waals surface area contributed by atoms with Crippen molar-refractivity contribution in [1.29, 1.82) is 0 Å². The average molecular weight is 480 g/mol. The zero-order chi connectivity index (χ0) is 25.4. The molecule has 0 bridgehead atoms. The Morgan fingerprint density at radius 3 is 2.54 bits per heavy atom. The topological polar surface area (TPSA) is 100 Å². The summed E-state index contributed by atoms with van der Waals surface area (Å²) < 4.78 is 21.2. The smallest absolute Gasteiger partial charge is 0.341 e. The fourth-order valence-electron chi connectivity index (χ4n) is 4.00. The molecule has 0 spiro atoms. The third-order valence-corrected chi connectivity index (χ3v) is 6.08. The van der Waals surface area contributed by atoms with Crippen molar-refractivity contribution in [2.45, 2.75) is 52.9 Å². The van der Waals surface area contributed by atoms with Crippen LogP contribution in [0.3, 0.4) is 0 Å². The highest BCUT2D eigenvalue weighted by atomic mass is 16.5. The number of nitrogens with zero attached hydrogens (tertiary/aromatic N) is 1. The molecule has 0 unspecified atom stereocenters. The monoisotopic (exact) mass is 479 g/mol. The lowest BCUT2D eigenvalue weighted by molar-refractivity contribution is -0.140. The number of aliphatic imine (C=N–C) groups is 1. The van der Waals surface area contributed by atoms with Crippen molar-refractivity contribution in [3.63, 3.8) is 0 Å². The number of fused-ring (bicyclic) bond motifs is 1. The van der Waals surface area contributed by atoms with E-state index in [2.05, 4.69) is 4.99 Å². The van der Waals surface area contributed by atoms with Crippen molar-refractivity contribution in [1.82, 2.24) is 0 Å². The predicted octanol–water partition coefficient (Wildman–Crippen LogP) is 4.80. The summed E-state index contributed by atoms with van der Waals surface area (Å²) in [6.07, 6.45) is 4.75. The predicted molar refractivity (Wildman–Crippen MR) is 128 cm³/mol. The molecular formula is C27H29NO7. The molecule has 1 aliphatic heterocycles. The minimum Gasteiger partial charge on any atom is -0.497 e. The van der Waals surface area contributed by atoms with Crippen LogP contribution in [0, 0.1) is 6.92 Å². The Bertz CT molecular complexity index is 1180. The molecule has 0 saturated carbocycles. The number of benzene rings is 2. The molecule has 0 amide bonds. The van der Waals surface area contributed by atoms with Crippen molar-refractivity contribution in [2.75, 3.05) is 14.2 Å². The van der Waals surface area contributed by atoms with Crippen molar-refractivity contribution >= 4 is 23.7 Å². The second-order valence-electron chi connectivity index (χ2n) is 8.24. The van der Waals surface area contributed by atoms with E-state index in [0.29, 0.717) is 36.1 Å². The molecule has 0 aromatic heterocycles. The summed E-state index contributed by atoms with van der Waals surface area (Å²) >= 11 is 0. The van der Waals surface area contributed by atoms with E-state index in [1.807, 2.05) is 44.2 Å². The normalized spacial score (nSPS) is 12.6. The fourth-order valence-corrected chi connectivity index (χ4v) is 4.00. The van der Waals surface area contributed by atoms with Crippen molar-refractivity contribution in [2.24, 2.45) is 4.99 Å². The second-order valence-corrected chi connectivity index (χ2v) is 8.24. The van der Waals surface area contributed by atoms with Gasteiger partial charge >= 0.3 is 11.9 Å². The Morgan fingerprint density at radius 2 is 1.89 bits per heavy atom. The van der Waals surface area contributed by atoms with E-state index in [-0.39, 0.29) is 31.3 Å². The van der Waals surface area contributed by atoms with Crippen LogP contribution in [-0.2, 0) is 50.0 Å². The van der Waals surface area contributed by atoms with Gasteiger partial charge in [-0.15, -0.1) is 0 Å². The van der Waals surface area contributed by atoms with E-state index in [0.717, 1.165) is 28.0 Å². The third kappa shape index (κ3) is 6.23. The van der Waals surface area contributed by atoms with Gasteiger partial charge < -0.3 is 18.9 Å². The number of ether oxygens (including phenoxy) is 4. The van der Waals surface area contributed by atoms with Gasteiger partial charge in [0.2, 0.25) is 6.08 Å². The second kappa shape index (κ2) is 12.1. The first-order chi connectivity index (χ1) is 16.9. The zero-order valence-electron chi connectivity index (χ0n) is 20.4. The molecule has 2 aromatic rings. The van der Waals surface area contributed by atoms with Crippen molar-refractivity contribution < 1.29 is 33.3 Å².